The SMILES string of the molecule is Cc1c(NC(=O)N2CCCC(C(=O)O)C2)cccc1S(=O)(=O)N(C)C. The number of carboxylic acid groups (broad SMARTS) is 1. The summed E-state index contributed by atoms with van der Waals surface area (Å²) in [5, 5.41) is 11.8. The van der Waals surface area contributed by atoms with Crippen molar-refractivity contribution in [2.24, 2.45) is 5.92 Å². The first-order valence-corrected chi connectivity index (χ1v) is 9.39. The number of carboxylic acids is 1. The van der Waals surface area contributed by atoms with E-state index in [1.807, 2.05) is 0 Å². The van der Waals surface area contributed by atoms with Crippen molar-refractivity contribution in [2.45, 2.75) is 24.7 Å². The first-order valence-electron chi connectivity index (χ1n) is 7.95. The molecule has 0 aromatic heterocycles. The van der Waals surface area contributed by atoms with Gasteiger partial charge in [0.05, 0.1) is 10.8 Å². The van der Waals surface area contributed by atoms with Crippen LogP contribution < -0.4 is 5.32 Å². The Labute approximate surface area is 147 Å². The van der Waals surface area contributed by atoms with Crippen molar-refractivity contribution in [2.75, 3.05) is 32.5 Å². The normalized spacial score (nSPS) is 18.2. The number of amides is 2. The van der Waals surface area contributed by atoms with Gasteiger partial charge in [0.2, 0.25) is 10.0 Å². The standard InChI is InChI=1S/C16H23N3O5S/c1-11-13(7-4-8-14(11)25(23,24)18(2)3)17-16(22)19-9-5-6-12(10-19)15(20)21/h4,7-8,12H,5-6,9-10H2,1-3H3,(H,17,22)(H,20,21). The second-order valence-corrected chi connectivity index (χ2v) is 8.39. The Bertz CT molecular complexity index is 776. The van der Waals surface area contributed by atoms with Crippen LogP contribution in [0.5, 0.6) is 0 Å². The van der Waals surface area contributed by atoms with Gasteiger partial charge in [-0.05, 0) is 37.5 Å². The van der Waals surface area contributed by atoms with Crippen LogP contribution in [0.1, 0.15) is 18.4 Å². The van der Waals surface area contributed by atoms with E-state index in [9.17, 15) is 18.0 Å². The lowest BCUT2D eigenvalue weighted by atomic mass is 9.99. The van der Waals surface area contributed by atoms with Crippen molar-refractivity contribution in [3.8, 4) is 0 Å². The maximum atomic E-state index is 12.4. The number of hydrogen-bond donors (Lipinski definition) is 2. The lowest BCUT2D eigenvalue weighted by Gasteiger charge is -2.31. The minimum Gasteiger partial charge on any atom is -0.481 e. The summed E-state index contributed by atoms with van der Waals surface area (Å²) >= 11 is 0. The molecule has 1 aliphatic heterocycles. The second-order valence-electron chi connectivity index (χ2n) is 6.27. The topological polar surface area (TPSA) is 107 Å². The van der Waals surface area contributed by atoms with E-state index >= 15 is 0 Å². The highest BCUT2D eigenvalue weighted by Crippen LogP contribution is 2.25. The van der Waals surface area contributed by atoms with Gasteiger partial charge in [-0.2, -0.15) is 0 Å². The molecule has 138 valence electrons. The lowest BCUT2D eigenvalue weighted by molar-refractivity contribution is -0.143. The maximum Gasteiger partial charge on any atom is 0.321 e. The van der Waals surface area contributed by atoms with Crippen LogP contribution in [-0.4, -0.2) is 61.9 Å². The number of hydrogen-bond acceptors (Lipinski definition) is 4. The van der Waals surface area contributed by atoms with Gasteiger partial charge in [-0.1, -0.05) is 6.07 Å². The van der Waals surface area contributed by atoms with E-state index in [0.717, 1.165) is 4.31 Å². The average molecular weight is 369 g/mol. The van der Waals surface area contributed by atoms with E-state index in [1.54, 1.807) is 19.1 Å². The van der Waals surface area contributed by atoms with Gasteiger partial charge in [0, 0.05) is 32.9 Å². The highest BCUT2D eigenvalue weighted by atomic mass is 32.2. The number of rotatable bonds is 4. The molecule has 1 atom stereocenters. The molecule has 0 bridgehead atoms. The van der Waals surface area contributed by atoms with Crippen molar-refractivity contribution in [1.82, 2.24) is 9.21 Å². The first-order chi connectivity index (χ1) is 11.6. The zero-order chi connectivity index (χ0) is 18.8. The molecule has 0 saturated carbocycles. The number of carbonyl (C=O) groups excluding carboxylic acids is 1. The van der Waals surface area contributed by atoms with Crippen LogP contribution in [0, 0.1) is 12.8 Å². The number of benzene rings is 1. The molecule has 0 spiro atoms. The molecule has 1 fully saturated rings. The van der Waals surface area contributed by atoms with Gasteiger partial charge < -0.3 is 15.3 Å². The number of likely N-dealkylation sites (tertiary alicyclic amines) is 1. The molecular formula is C16H23N3O5S. The van der Waals surface area contributed by atoms with Crippen molar-refractivity contribution in [3.05, 3.63) is 23.8 Å². The predicted molar refractivity (Wildman–Crippen MR) is 93.0 cm³/mol. The van der Waals surface area contributed by atoms with Crippen LogP contribution in [-0.2, 0) is 14.8 Å². The van der Waals surface area contributed by atoms with E-state index in [2.05, 4.69) is 5.32 Å². The van der Waals surface area contributed by atoms with Gasteiger partial charge in [0.15, 0.2) is 0 Å². The fourth-order valence-corrected chi connectivity index (χ4v) is 3.92. The summed E-state index contributed by atoms with van der Waals surface area (Å²) in [4.78, 5) is 25.1. The first kappa shape index (κ1) is 19.2. The van der Waals surface area contributed by atoms with Crippen molar-refractivity contribution < 1.29 is 23.1 Å². The fraction of sp³-hybridized carbons (Fsp3) is 0.500. The molecule has 0 radical (unpaired) electrons. The van der Waals surface area contributed by atoms with Crippen LogP contribution >= 0.6 is 0 Å². The molecule has 0 aliphatic carbocycles. The van der Waals surface area contributed by atoms with Crippen LogP contribution in [0.15, 0.2) is 23.1 Å². The predicted octanol–water partition coefficient (Wildman–Crippen LogP) is 1.57. The van der Waals surface area contributed by atoms with E-state index in [0.29, 0.717) is 30.6 Å². The molecule has 25 heavy (non-hydrogen) atoms. The third-order valence-corrected chi connectivity index (χ3v) is 6.30. The number of anilines is 1. The number of nitrogens with one attached hydrogen (secondary N) is 1. The average Bonchev–Trinajstić information content (AvgIpc) is 2.56. The smallest absolute Gasteiger partial charge is 0.321 e. The summed E-state index contributed by atoms with van der Waals surface area (Å²) in [5.74, 6) is -1.48. The van der Waals surface area contributed by atoms with Gasteiger partial charge in [-0.15, -0.1) is 0 Å². The summed E-state index contributed by atoms with van der Waals surface area (Å²) in [7, 11) is -0.732. The number of aliphatic carboxylic acids is 1. The van der Waals surface area contributed by atoms with Crippen molar-refractivity contribution in [3.63, 3.8) is 0 Å². The molecule has 2 amide bonds. The Hall–Kier alpha value is -2.13. The molecule has 2 N–H and O–H groups in total. The second kappa shape index (κ2) is 7.40. The van der Waals surface area contributed by atoms with Crippen LogP contribution in [0.3, 0.4) is 0 Å². The molecule has 1 aliphatic rings. The Morgan fingerprint density at radius 3 is 2.60 bits per heavy atom. The highest BCUT2D eigenvalue weighted by molar-refractivity contribution is 7.89. The van der Waals surface area contributed by atoms with Gasteiger partial charge >= 0.3 is 12.0 Å². The number of nitrogens with zero attached hydrogens (tertiary/aromatic N) is 2. The number of piperidine rings is 1. The number of urea groups is 1. The minimum atomic E-state index is -3.62. The summed E-state index contributed by atoms with van der Waals surface area (Å²) < 4.78 is 25.8. The van der Waals surface area contributed by atoms with E-state index in [4.69, 9.17) is 5.11 Å². The molecule has 1 heterocycles. The van der Waals surface area contributed by atoms with Gasteiger partial charge in [0.25, 0.3) is 0 Å². The van der Waals surface area contributed by atoms with Crippen molar-refractivity contribution >= 4 is 27.7 Å². The number of carbonyl (C=O) groups is 2. The molecule has 2 rings (SSSR count). The summed E-state index contributed by atoms with van der Waals surface area (Å²) in [6.45, 7) is 2.25. The monoisotopic (exact) mass is 369 g/mol. The van der Waals surface area contributed by atoms with Crippen LogP contribution in [0.2, 0.25) is 0 Å². The fourth-order valence-electron chi connectivity index (χ4n) is 2.78. The lowest BCUT2D eigenvalue weighted by Crippen LogP contribution is -2.44. The van der Waals surface area contributed by atoms with E-state index in [-0.39, 0.29) is 11.4 Å². The van der Waals surface area contributed by atoms with Crippen molar-refractivity contribution in [1.29, 1.82) is 0 Å². The largest absolute Gasteiger partial charge is 0.481 e. The zero-order valence-corrected chi connectivity index (χ0v) is 15.3. The Morgan fingerprint density at radius 2 is 2.00 bits per heavy atom. The quantitative estimate of drug-likeness (QED) is 0.838. The summed E-state index contributed by atoms with van der Waals surface area (Å²) in [5.41, 5.74) is 0.835. The highest BCUT2D eigenvalue weighted by Gasteiger charge is 2.29. The molecule has 1 aromatic carbocycles. The molecule has 1 saturated heterocycles. The van der Waals surface area contributed by atoms with Gasteiger partial charge in [-0.25, -0.2) is 17.5 Å². The van der Waals surface area contributed by atoms with Gasteiger partial charge in [0.1, 0.15) is 0 Å². The summed E-state index contributed by atoms with van der Waals surface area (Å²) in [6.07, 6.45) is 1.17. The molecule has 1 aromatic rings. The molecular weight excluding hydrogens is 346 g/mol. The van der Waals surface area contributed by atoms with Gasteiger partial charge in [-0.3, -0.25) is 4.79 Å². The molecule has 1 unspecified atom stereocenters. The maximum absolute atomic E-state index is 12.4. The molecule has 9 heteroatoms. The minimum absolute atomic E-state index is 0.123. The Morgan fingerprint density at radius 1 is 1.32 bits per heavy atom. The van der Waals surface area contributed by atoms with Crippen LogP contribution in [0.4, 0.5) is 10.5 Å². The zero-order valence-electron chi connectivity index (χ0n) is 14.5. The summed E-state index contributed by atoms with van der Waals surface area (Å²) in [6, 6.07) is 4.26. The third-order valence-electron chi connectivity index (χ3n) is 4.34. The van der Waals surface area contributed by atoms with E-state index < -0.39 is 27.9 Å². The van der Waals surface area contributed by atoms with E-state index in [1.165, 1.54) is 25.1 Å². The Kier molecular flexibility index (Phi) is 5.69. The third kappa shape index (κ3) is 4.10. The Balaban J connectivity index is 2.21. The van der Waals surface area contributed by atoms with Crippen LogP contribution in [0.25, 0.3) is 0 Å². The molecule has 8 nitrogen and oxygen atoms in total. The number of sulfonamides is 1.